The highest BCUT2D eigenvalue weighted by Gasteiger charge is 2.13. The van der Waals surface area contributed by atoms with Crippen LogP contribution in [0.2, 0.25) is 0 Å². The minimum absolute atomic E-state index is 0.0582. The third-order valence-corrected chi connectivity index (χ3v) is 5.36. The van der Waals surface area contributed by atoms with Gasteiger partial charge >= 0.3 is 0 Å². The standard InChI is InChI=1S/C21H24N4OS/c1-14(2)16-9-11-18(12-10-16)22-19(26)13-27-21-24-23-20(25(21)4)17-7-5-15(3)6-8-17/h5-12,14H,13H2,1-4H3,(H,22,26). The summed E-state index contributed by atoms with van der Waals surface area (Å²) in [5.74, 6) is 1.49. The second-order valence-electron chi connectivity index (χ2n) is 6.84. The summed E-state index contributed by atoms with van der Waals surface area (Å²) < 4.78 is 1.92. The van der Waals surface area contributed by atoms with Gasteiger partial charge in [-0.3, -0.25) is 4.79 Å². The average molecular weight is 381 g/mol. The molecular formula is C21H24N4OS. The van der Waals surface area contributed by atoms with E-state index in [2.05, 4.69) is 48.4 Å². The van der Waals surface area contributed by atoms with E-state index in [9.17, 15) is 4.79 Å². The minimum atomic E-state index is -0.0582. The van der Waals surface area contributed by atoms with Gasteiger partial charge in [-0.05, 0) is 30.5 Å². The zero-order valence-corrected chi connectivity index (χ0v) is 16.9. The number of nitrogens with one attached hydrogen (secondary N) is 1. The van der Waals surface area contributed by atoms with Gasteiger partial charge in [-0.25, -0.2) is 0 Å². The highest BCUT2D eigenvalue weighted by Crippen LogP contribution is 2.23. The van der Waals surface area contributed by atoms with E-state index in [4.69, 9.17) is 0 Å². The fourth-order valence-corrected chi connectivity index (χ4v) is 3.38. The first kappa shape index (κ1) is 19.2. The number of hydrogen-bond acceptors (Lipinski definition) is 4. The molecule has 0 bridgehead atoms. The highest BCUT2D eigenvalue weighted by molar-refractivity contribution is 7.99. The van der Waals surface area contributed by atoms with Crippen LogP contribution >= 0.6 is 11.8 Å². The lowest BCUT2D eigenvalue weighted by Crippen LogP contribution is -2.14. The second-order valence-corrected chi connectivity index (χ2v) is 7.79. The van der Waals surface area contributed by atoms with Gasteiger partial charge in [0.25, 0.3) is 0 Å². The molecule has 1 aromatic heterocycles. The van der Waals surface area contributed by atoms with Crippen molar-refractivity contribution in [2.45, 2.75) is 31.8 Å². The van der Waals surface area contributed by atoms with Crippen LogP contribution in [0.25, 0.3) is 11.4 Å². The fourth-order valence-electron chi connectivity index (χ4n) is 2.67. The first-order valence-electron chi connectivity index (χ1n) is 8.93. The summed E-state index contributed by atoms with van der Waals surface area (Å²) in [4.78, 5) is 12.2. The van der Waals surface area contributed by atoms with Gasteiger partial charge in [-0.1, -0.05) is 67.6 Å². The summed E-state index contributed by atoms with van der Waals surface area (Å²) in [6, 6.07) is 16.1. The maximum Gasteiger partial charge on any atom is 0.234 e. The summed E-state index contributed by atoms with van der Waals surface area (Å²) in [6.07, 6.45) is 0. The molecular weight excluding hydrogens is 356 g/mol. The van der Waals surface area contributed by atoms with Gasteiger partial charge in [0.2, 0.25) is 5.91 Å². The van der Waals surface area contributed by atoms with Crippen molar-refractivity contribution in [1.82, 2.24) is 14.8 Å². The van der Waals surface area contributed by atoms with Gasteiger partial charge in [-0.15, -0.1) is 10.2 Å². The topological polar surface area (TPSA) is 59.8 Å². The van der Waals surface area contributed by atoms with Crippen molar-refractivity contribution < 1.29 is 4.79 Å². The van der Waals surface area contributed by atoms with Crippen molar-refractivity contribution >= 4 is 23.4 Å². The van der Waals surface area contributed by atoms with Crippen LogP contribution < -0.4 is 5.32 Å². The number of thioether (sulfide) groups is 1. The Morgan fingerprint density at radius 1 is 1.07 bits per heavy atom. The lowest BCUT2D eigenvalue weighted by molar-refractivity contribution is -0.113. The Bertz CT molecular complexity index is 914. The molecule has 3 rings (SSSR count). The normalized spacial score (nSPS) is 11.0. The van der Waals surface area contributed by atoms with Crippen LogP contribution in [0.4, 0.5) is 5.69 Å². The molecule has 0 aliphatic carbocycles. The zero-order chi connectivity index (χ0) is 19.4. The van der Waals surface area contributed by atoms with Gasteiger partial charge < -0.3 is 9.88 Å². The lowest BCUT2D eigenvalue weighted by atomic mass is 10.0. The SMILES string of the molecule is Cc1ccc(-c2nnc(SCC(=O)Nc3ccc(C(C)C)cc3)n2C)cc1. The Labute approximate surface area is 164 Å². The van der Waals surface area contributed by atoms with Crippen molar-refractivity contribution in [1.29, 1.82) is 0 Å². The molecule has 1 heterocycles. The van der Waals surface area contributed by atoms with Gasteiger partial charge in [0.15, 0.2) is 11.0 Å². The van der Waals surface area contributed by atoms with Crippen LogP contribution in [0.3, 0.4) is 0 Å². The van der Waals surface area contributed by atoms with E-state index in [0.29, 0.717) is 5.92 Å². The van der Waals surface area contributed by atoms with E-state index < -0.39 is 0 Å². The number of hydrogen-bond donors (Lipinski definition) is 1. The zero-order valence-electron chi connectivity index (χ0n) is 16.1. The molecule has 0 atom stereocenters. The molecule has 0 saturated heterocycles. The third kappa shape index (κ3) is 4.77. The number of rotatable bonds is 6. The molecule has 140 valence electrons. The molecule has 0 unspecified atom stereocenters. The molecule has 6 heteroatoms. The first-order valence-corrected chi connectivity index (χ1v) is 9.91. The van der Waals surface area contributed by atoms with Crippen molar-refractivity contribution in [3.63, 3.8) is 0 Å². The molecule has 1 amide bonds. The number of aromatic nitrogens is 3. The van der Waals surface area contributed by atoms with Gasteiger partial charge in [0.05, 0.1) is 5.75 Å². The first-order chi connectivity index (χ1) is 12.9. The van der Waals surface area contributed by atoms with E-state index in [1.165, 1.54) is 22.9 Å². The summed E-state index contributed by atoms with van der Waals surface area (Å²) in [7, 11) is 1.92. The fraction of sp³-hybridized carbons (Fsp3) is 0.286. The number of benzene rings is 2. The maximum atomic E-state index is 12.2. The van der Waals surface area contributed by atoms with Gasteiger partial charge in [0.1, 0.15) is 0 Å². The van der Waals surface area contributed by atoms with Crippen molar-refractivity contribution in [3.8, 4) is 11.4 Å². The largest absolute Gasteiger partial charge is 0.325 e. The molecule has 0 radical (unpaired) electrons. The summed E-state index contributed by atoms with van der Waals surface area (Å²) in [6.45, 7) is 6.35. The number of carbonyl (C=O) groups is 1. The van der Waals surface area contributed by atoms with Gasteiger partial charge in [-0.2, -0.15) is 0 Å². The molecule has 0 spiro atoms. The van der Waals surface area contributed by atoms with Crippen molar-refractivity contribution in [3.05, 3.63) is 59.7 Å². The summed E-state index contributed by atoms with van der Waals surface area (Å²) in [5, 5.41) is 12.1. The predicted octanol–water partition coefficient (Wildman–Crippen LogP) is 4.64. The van der Waals surface area contributed by atoms with E-state index in [-0.39, 0.29) is 11.7 Å². The minimum Gasteiger partial charge on any atom is -0.325 e. The van der Waals surface area contributed by atoms with Crippen molar-refractivity contribution in [2.24, 2.45) is 7.05 Å². The molecule has 3 aromatic rings. The predicted molar refractivity (Wildman–Crippen MR) is 111 cm³/mol. The molecule has 2 aromatic carbocycles. The maximum absolute atomic E-state index is 12.2. The molecule has 1 N–H and O–H groups in total. The molecule has 0 fully saturated rings. The number of aryl methyl sites for hydroxylation is 1. The number of carbonyl (C=O) groups excluding carboxylic acids is 1. The molecule has 0 aliphatic rings. The van der Waals surface area contributed by atoms with Crippen LogP contribution in [-0.2, 0) is 11.8 Å². The van der Waals surface area contributed by atoms with Crippen molar-refractivity contribution in [2.75, 3.05) is 11.1 Å². The Balaban J connectivity index is 1.60. The van der Waals surface area contributed by atoms with E-state index in [1.807, 2.05) is 48.0 Å². The monoisotopic (exact) mass is 380 g/mol. The highest BCUT2D eigenvalue weighted by atomic mass is 32.2. The van der Waals surface area contributed by atoms with Crippen LogP contribution in [0.5, 0.6) is 0 Å². The molecule has 0 aliphatic heterocycles. The van der Waals surface area contributed by atoms with E-state index >= 15 is 0 Å². The Hall–Kier alpha value is -2.60. The summed E-state index contributed by atoms with van der Waals surface area (Å²) >= 11 is 1.38. The second kappa shape index (κ2) is 8.39. The number of anilines is 1. The van der Waals surface area contributed by atoms with Crippen LogP contribution in [0, 0.1) is 6.92 Å². The lowest BCUT2D eigenvalue weighted by Gasteiger charge is -2.08. The van der Waals surface area contributed by atoms with Crippen LogP contribution in [-0.4, -0.2) is 26.4 Å². The van der Waals surface area contributed by atoms with Crippen LogP contribution in [0.1, 0.15) is 30.9 Å². The van der Waals surface area contributed by atoms with E-state index in [1.54, 1.807) is 0 Å². The molecule has 5 nitrogen and oxygen atoms in total. The molecule has 27 heavy (non-hydrogen) atoms. The van der Waals surface area contributed by atoms with Gasteiger partial charge in [0, 0.05) is 18.3 Å². The Morgan fingerprint density at radius 2 is 1.74 bits per heavy atom. The van der Waals surface area contributed by atoms with E-state index in [0.717, 1.165) is 22.2 Å². The average Bonchev–Trinajstić information content (AvgIpc) is 3.02. The van der Waals surface area contributed by atoms with Crippen LogP contribution in [0.15, 0.2) is 53.7 Å². The quantitative estimate of drug-likeness (QED) is 0.633. The smallest absolute Gasteiger partial charge is 0.234 e. The number of amides is 1. The number of nitrogens with zero attached hydrogens (tertiary/aromatic N) is 3. The third-order valence-electron chi connectivity index (χ3n) is 4.34. The Morgan fingerprint density at radius 3 is 2.37 bits per heavy atom. The summed E-state index contributed by atoms with van der Waals surface area (Å²) in [5.41, 5.74) is 4.28. The molecule has 0 saturated carbocycles. The Kier molecular flexibility index (Phi) is 5.96.